The Morgan fingerprint density at radius 1 is 0.870 bits per heavy atom. The number of thiazole rings is 1. The van der Waals surface area contributed by atoms with Crippen molar-refractivity contribution in [2.45, 2.75) is 31.6 Å². The van der Waals surface area contributed by atoms with Crippen LogP contribution in [0.2, 0.25) is 0 Å². The standard InChI is InChI=1S/C34H36N6O3S3/c1-25-21-27(23-35-40-32(33-11-8-20-44-33)24-45-34(40)36-28-9-4-3-5-10-28)26(2)39(25)31-22-29(12-13-30(31)37-14-6-7-15-37)46(41,42)38-16-18-43-19-17-38/h3-5,8-13,20-24H,6-7,14-19H2,1-2H3. The van der Waals surface area contributed by atoms with Gasteiger partial charge in [0.1, 0.15) is 0 Å². The van der Waals surface area contributed by atoms with Crippen LogP contribution in [0, 0.1) is 13.8 Å². The molecule has 238 valence electrons. The highest BCUT2D eigenvalue weighted by molar-refractivity contribution is 7.89. The normalized spacial score (nSPS) is 16.7. The van der Waals surface area contributed by atoms with Gasteiger partial charge in [0.05, 0.1) is 52.0 Å². The molecule has 0 bridgehead atoms. The van der Waals surface area contributed by atoms with Gasteiger partial charge >= 0.3 is 0 Å². The Kier molecular flexibility index (Phi) is 8.80. The number of hydrogen-bond acceptors (Lipinski definition) is 8. The van der Waals surface area contributed by atoms with E-state index in [9.17, 15) is 8.42 Å². The number of hydrogen-bond donors (Lipinski definition) is 0. The van der Waals surface area contributed by atoms with Crippen LogP contribution in [0.1, 0.15) is 29.8 Å². The molecule has 2 aliphatic rings. The second-order valence-electron chi connectivity index (χ2n) is 11.4. The van der Waals surface area contributed by atoms with Gasteiger partial charge in [-0.25, -0.2) is 18.1 Å². The molecule has 2 aliphatic heterocycles. The van der Waals surface area contributed by atoms with E-state index < -0.39 is 10.0 Å². The quantitative estimate of drug-likeness (QED) is 0.178. The van der Waals surface area contributed by atoms with Crippen molar-refractivity contribution in [1.82, 2.24) is 13.5 Å². The predicted octanol–water partition coefficient (Wildman–Crippen LogP) is 6.42. The second-order valence-corrected chi connectivity index (χ2v) is 15.1. The summed E-state index contributed by atoms with van der Waals surface area (Å²) in [5.74, 6) is 0. The summed E-state index contributed by atoms with van der Waals surface area (Å²) in [6, 6.07) is 21.7. The van der Waals surface area contributed by atoms with Crippen LogP contribution in [0.4, 0.5) is 11.4 Å². The molecule has 0 atom stereocenters. The maximum Gasteiger partial charge on any atom is 0.243 e. The fourth-order valence-corrected chi connectivity index (χ4v) is 9.19. The first kappa shape index (κ1) is 30.8. The van der Waals surface area contributed by atoms with E-state index in [1.54, 1.807) is 28.7 Å². The van der Waals surface area contributed by atoms with Gasteiger partial charge in [-0.2, -0.15) is 9.41 Å². The van der Waals surface area contributed by atoms with Crippen molar-refractivity contribution in [3.63, 3.8) is 0 Å². The largest absolute Gasteiger partial charge is 0.379 e. The summed E-state index contributed by atoms with van der Waals surface area (Å²) in [4.78, 5) is 9.45. The Hall–Kier alpha value is -3.81. The molecule has 0 N–H and O–H groups in total. The van der Waals surface area contributed by atoms with Crippen LogP contribution in [-0.4, -0.2) is 67.6 Å². The highest BCUT2D eigenvalue weighted by atomic mass is 32.2. The zero-order valence-corrected chi connectivity index (χ0v) is 28.3. The van der Waals surface area contributed by atoms with Crippen LogP contribution in [0.25, 0.3) is 16.3 Å². The Bertz CT molecular complexity index is 2030. The zero-order chi connectivity index (χ0) is 31.7. The number of para-hydroxylation sites is 1. The molecule has 0 radical (unpaired) electrons. The van der Waals surface area contributed by atoms with Gasteiger partial charge in [-0.05, 0) is 74.5 Å². The van der Waals surface area contributed by atoms with Gasteiger partial charge in [0.2, 0.25) is 14.8 Å². The molecule has 2 aromatic carbocycles. The fraction of sp³-hybridized carbons (Fsp3) is 0.294. The van der Waals surface area contributed by atoms with E-state index in [4.69, 9.17) is 14.8 Å². The van der Waals surface area contributed by atoms with Crippen LogP contribution in [0.5, 0.6) is 0 Å². The third-order valence-corrected chi connectivity index (χ3v) is 12.1. The summed E-state index contributed by atoms with van der Waals surface area (Å²) in [5.41, 5.74) is 6.70. The fourth-order valence-electron chi connectivity index (χ4n) is 6.11. The molecule has 12 heteroatoms. The number of benzene rings is 2. The van der Waals surface area contributed by atoms with Crippen LogP contribution in [0.3, 0.4) is 0 Å². The summed E-state index contributed by atoms with van der Waals surface area (Å²) in [6.45, 7) is 7.57. The van der Waals surface area contributed by atoms with E-state index in [1.807, 2.05) is 59.4 Å². The highest BCUT2D eigenvalue weighted by Gasteiger charge is 2.29. The van der Waals surface area contributed by atoms with E-state index in [2.05, 4.69) is 46.2 Å². The Morgan fingerprint density at radius 3 is 2.39 bits per heavy atom. The minimum absolute atomic E-state index is 0.302. The Morgan fingerprint density at radius 2 is 1.65 bits per heavy atom. The minimum Gasteiger partial charge on any atom is -0.379 e. The number of rotatable bonds is 8. The lowest BCUT2D eigenvalue weighted by Crippen LogP contribution is -2.40. The van der Waals surface area contributed by atoms with Crippen molar-refractivity contribution in [3.8, 4) is 16.3 Å². The lowest BCUT2D eigenvalue weighted by atomic mass is 10.2. The smallest absolute Gasteiger partial charge is 0.243 e. The van der Waals surface area contributed by atoms with Gasteiger partial charge in [-0.15, -0.1) is 22.7 Å². The summed E-state index contributed by atoms with van der Waals surface area (Å²) >= 11 is 3.22. The number of nitrogens with zero attached hydrogens (tertiary/aromatic N) is 6. The molecular formula is C34H36N6O3S3. The third-order valence-electron chi connectivity index (χ3n) is 8.46. The number of morpholine rings is 1. The second kappa shape index (κ2) is 13.1. The molecule has 2 saturated heterocycles. The van der Waals surface area contributed by atoms with Crippen molar-refractivity contribution < 1.29 is 13.2 Å². The van der Waals surface area contributed by atoms with Crippen molar-refractivity contribution in [2.24, 2.45) is 10.1 Å². The van der Waals surface area contributed by atoms with Gasteiger partial charge in [0.15, 0.2) is 0 Å². The number of anilines is 1. The third kappa shape index (κ3) is 6.03. The molecule has 0 aliphatic carbocycles. The average Bonchev–Trinajstić information content (AvgIpc) is 3.90. The van der Waals surface area contributed by atoms with Crippen molar-refractivity contribution in [3.05, 3.63) is 99.2 Å². The molecule has 9 nitrogen and oxygen atoms in total. The summed E-state index contributed by atoms with van der Waals surface area (Å²) in [6.07, 6.45) is 4.13. The summed E-state index contributed by atoms with van der Waals surface area (Å²) in [7, 11) is -3.66. The number of ether oxygens (including phenoxy) is 1. The maximum atomic E-state index is 13.7. The molecule has 0 amide bonds. The van der Waals surface area contributed by atoms with Crippen molar-refractivity contribution in [1.29, 1.82) is 0 Å². The van der Waals surface area contributed by atoms with Gasteiger partial charge in [-0.3, -0.25) is 0 Å². The molecule has 7 rings (SSSR count). The van der Waals surface area contributed by atoms with Gasteiger partial charge < -0.3 is 14.2 Å². The topological polar surface area (TPSA) is 84.4 Å². The molecular weight excluding hydrogens is 637 g/mol. The highest BCUT2D eigenvalue weighted by Crippen LogP contribution is 2.34. The predicted molar refractivity (Wildman–Crippen MR) is 187 cm³/mol. The molecule has 0 spiro atoms. The lowest BCUT2D eigenvalue weighted by Gasteiger charge is -2.28. The average molecular weight is 673 g/mol. The molecule has 2 fully saturated rings. The molecule has 0 unspecified atom stereocenters. The van der Waals surface area contributed by atoms with Crippen LogP contribution >= 0.6 is 22.7 Å². The molecule has 0 saturated carbocycles. The van der Waals surface area contributed by atoms with E-state index in [0.29, 0.717) is 31.2 Å². The van der Waals surface area contributed by atoms with Crippen LogP contribution in [-0.2, 0) is 14.8 Å². The summed E-state index contributed by atoms with van der Waals surface area (Å²) < 4.78 is 38.5. The minimum atomic E-state index is -3.66. The first-order chi connectivity index (χ1) is 22.4. The number of aryl methyl sites for hydroxylation is 1. The zero-order valence-electron chi connectivity index (χ0n) is 25.9. The first-order valence-corrected chi connectivity index (χ1v) is 18.6. The SMILES string of the molecule is Cc1cc(C=Nn2c(-c3cccs3)csc2=Nc2ccccc2)c(C)n1-c1cc(S(=O)(=O)N2CCOCC2)ccc1N1CCCC1. The van der Waals surface area contributed by atoms with Crippen molar-refractivity contribution >= 4 is 50.3 Å². The van der Waals surface area contributed by atoms with E-state index >= 15 is 0 Å². The number of sulfonamides is 1. The molecule has 5 heterocycles. The number of thiophene rings is 1. The molecule has 3 aromatic heterocycles. The monoisotopic (exact) mass is 672 g/mol. The van der Waals surface area contributed by atoms with Crippen LogP contribution in [0.15, 0.2) is 92.5 Å². The maximum absolute atomic E-state index is 13.7. The van der Waals surface area contributed by atoms with Gasteiger partial charge in [0, 0.05) is 48.5 Å². The van der Waals surface area contributed by atoms with E-state index in [0.717, 1.165) is 75.3 Å². The lowest BCUT2D eigenvalue weighted by molar-refractivity contribution is 0.0730. The number of aromatic nitrogens is 2. The Labute approximate surface area is 277 Å². The van der Waals surface area contributed by atoms with Gasteiger partial charge in [-0.1, -0.05) is 24.3 Å². The summed E-state index contributed by atoms with van der Waals surface area (Å²) in [5, 5.41) is 9.15. The van der Waals surface area contributed by atoms with Crippen molar-refractivity contribution in [2.75, 3.05) is 44.3 Å². The Balaban J connectivity index is 1.31. The van der Waals surface area contributed by atoms with Crippen LogP contribution < -0.4 is 9.70 Å². The first-order valence-electron chi connectivity index (χ1n) is 15.4. The van der Waals surface area contributed by atoms with E-state index in [-0.39, 0.29) is 0 Å². The molecule has 46 heavy (non-hydrogen) atoms. The van der Waals surface area contributed by atoms with Gasteiger partial charge in [0.25, 0.3) is 0 Å². The molecule has 5 aromatic rings. The van der Waals surface area contributed by atoms with E-state index in [1.165, 1.54) is 4.31 Å².